The van der Waals surface area contributed by atoms with Gasteiger partial charge in [0.25, 0.3) is 0 Å². The lowest BCUT2D eigenvalue weighted by Gasteiger charge is -2.35. The molecule has 3 heterocycles. The van der Waals surface area contributed by atoms with Gasteiger partial charge in [-0.1, -0.05) is 18.2 Å². The fraction of sp³-hybridized carbons (Fsp3) is 0.333. The number of hydrogen-bond donors (Lipinski definition) is 0. The number of nitrogens with zero attached hydrogens (tertiary/aromatic N) is 8. The molecule has 2 aromatic carbocycles. The van der Waals surface area contributed by atoms with Gasteiger partial charge >= 0.3 is 0 Å². The van der Waals surface area contributed by atoms with E-state index in [9.17, 15) is 9.18 Å². The number of carbonyl (C=O) groups excluding carboxylic acids is 1. The van der Waals surface area contributed by atoms with Crippen molar-refractivity contribution < 1.29 is 13.8 Å². The first-order valence-corrected chi connectivity index (χ1v) is 10.3. The number of piperazine rings is 1. The smallest absolute Gasteiger partial charge is 0.227 e. The molecular weight excluding hydrogens is 415 g/mol. The number of tetrazole rings is 1. The average Bonchev–Trinajstić information content (AvgIpc) is 3.52. The lowest BCUT2D eigenvalue weighted by molar-refractivity contribution is -0.132. The number of carbonyl (C=O) groups is 1. The lowest BCUT2D eigenvalue weighted by atomic mass is 10.1. The first kappa shape index (κ1) is 20.2. The van der Waals surface area contributed by atoms with Gasteiger partial charge in [-0.25, -0.2) is 13.7 Å². The van der Waals surface area contributed by atoms with Gasteiger partial charge in [0.15, 0.2) is 0 Å². The summed E-state index contributed by atoms with van der Waals surface area (Å²) in [7, 11) is 0. The van der Waals surface area contributed by atoms with Crippen molar-refractivity contribution in [2.45, 2.75) is 12.6 Å². The molecule has 1 aliphatic heterocycles. The van der Waals surface area contributed by atoms with E-state index in [-0.39, 0.29) is 12.5 Å². The second kappa shape index (κ2) is 8.79. The molecule has 1 unspecified atom stereocenters. The lowest BCUT2D eigenvalue weighted by Crippen LogP contribution is -2.49. The fourth-order valence-electron chi connectivity index (χ4n) is 3.84. The van der Waals surface area contributed by atoms with Gasteiger partial charge in [0.05, 0.1) is 12.1 Å². The highest BCUT2D eigenvalue weighted by Gasteiger charge is 2.24. The summed E-state index contributed by atoms with van der Waals surface area (Å²) in [5.74, 6) is 0.0700. The molecule has 0 saturated carbocycles. The van der Waals surface area contributed by atoms with E-state index < -0.39 is 6.17 Å². The molecule has 32 heavy (non-hydrogen) atoms. The van der Waals surface area contributed by atoms with Crippen LogP contribution in [0.1, 0.15) is 17.3 Å². The average molecular weight is 436 g/mol. The minimum atomic E-state index is -1.14. The van der Waals surface area contributed by atoms with E-state index in [1.54, 1.807) is 22.9 Å². The number of benzene rings is 2. The number of aromatic nitrogens is 6. The van der Waals surface area contributed by atoms with Gasteiger partial charge in [-0.3, -0.25) is 9.69 Å². The summed E-state index contributed by atoms with van der Waals surface area (Å²) < 4.78 is 21.0. The predicted molar refractivity (Wildman–Crippen MR) is 112 cm³/mol. The molecule has 1 fully saturated rings. The molecule has 0 aliphatic carbocycles. The minimum Gasteiger partial charge on any atom is -0.340 e. The van der Waals surface area contributed by atoms with Crippen LogP contribution in [-0.2, 0) is 11.2 Å². The maximum absolute atomic E-state index is 14.8. The van der Waals surface area contributed by atoms with E-state index in [4.69, 9.17) is 0 Å². The second-order valence-corrected chi connectivity index (χ2v) is 7.76. The van der Waals surface area contributed by atoms with Crippen LogP contribution in [0.15, 0.2) is 53.4 Å². The molecule has 1 amide bonds. The largest absolute Gasteiger partial charge is 0.340 e. The maximum atomic E-state index is 14.8. The fourth-order valence-corrected chi connectivity index (χ4v) is 3.84. The van der Waals surface area contributed by atoms with Crippen LogP contribution < -0.4 is 0 Å². The molecule has 4 aromatic rings. The second-order valence-electron chi connectivity index (χ2n) is 7.76. The summed E-state index contributed by atoms with van der Waals surface area (Å²) in [6.45, 7) is 2.72. The quantitative estimate of drug-likeness (QED) is 0.449. The standard InChI is InChI=1S/C21H21FN8O2/c22-18(16-3-6-19-20(12-16)25-32-24-19)13-28-7-9-29(10-8-28)21(31)11-15-1-4-17(5-2-15)30-14-23-26-27-30/h1-6,12,14,18H,7-11,13H2. The Morgan fingerprint density at radius 1 is 1.03 bits per heavy atom. The van der Waals surface area contributed by atoms with E-state index in [0.717, 1.165) is 11.3 Å². The van der Waals surface area contributed by atoms with Crippen molar-refractivity contribution in [3.8, 4) is 5.69 Å². The summed E-state index contributed by atoms with van der Waals surface area (Å²) in [6, 6.07) is 12.7. The number of hydrogen-bond acceptors (Lipinski definition) is 8. The number of fused-ring (bicyclic) bond motifs is 1. The zero-order valence-electron chi connectivity index (χ0n) is 17.2. The van der Waals surface area contributed by atoms with Crippen molar-refractivity contribution in [2.24, 2.45) is 0 Å². The molecular formula is C21H21FN8O2. The van der Waals surface area contributed by atoms with Gasteiger partial charge in [-0.2, -0.15) is 0 Å². The summed E-state index contributed by atoms with van der Waals surface area (Å²) in [5, 5.41) is 18.6. The molecule has 10 nitrogen and oxygen atoms in total. The highest BCUT2D eigenvalue weighted by Crippen LogP contribution is 2.23. The van der Waals surface area contributed by atoms with Crippen molar-refractivity contribution in [1.82, 2.24) is 40.3 Å². The maximum Gasteiger partial charge on any atom is 0.227 e. The molecule has 11 heteroatoms. The molecule has 1 atom stereocenters. The molecule has 1 aliphatic rings. The van der Waals surface area contributed by atoms with Gasteiger partial charge in [-0.05, 0) is 56.1 Å². The Hall–Kier alpha value is -3.73. The Kier molecular flexibility index (Phi) is 5.55. The Labute approximate surface area is 182 Å². The van der Waals surface area contributed by atoms with Crippen molar-refractivity contribution in [2.75, 3.05) is 32.7 Å². The number of rotatable bonds is 6. The molecule has 0 N–H and O–H groups in total. The van der Waals surface area contributed by atoms with E-state index >= 15 is 0 Å². The van der Waals surface area contributed by atoms with Crippen LogP contribution in [0.3, 0.4) is 0 Å². The number of halogens is 1. The molecule has 0 bridgehead atoms. The Morgan fingerprint density at radius 3 is 2.56 bits per heavy atom. The Bertz CT molecular complexity index is 1190. The first-order chi connectivity index (χ1) is 15.7. The summed E-state index contributed by atoms with van der Waals surface area (Å²) in [5.41, 5.74) is 3.47. The zero-order chi connectivity index (χ0) is 21.9. The van der Waals surface area contributed by atoms with Crippen molar-refractivity contribution >= 4 is 16.9 Å². The highest BCUT2D eigenvalue weighted by atomic mass is 19.1. The van der Waals surface area contributed by atoms with Gasteiger partial charge < -0.3 is 4.90 Å². The molecule has 2 aromatic heterocycles. The van der Waals surface area contributed by atoms with E-state index in [0.29, 0.717) is 49.2 Å². The van der Waals surface area contributed by atoms with Crippen LogP contribution in [0.5, 0.6) is 0 Å². The van der Waals surface area contributed by atoms with Crippen LogP contribution in [-0.4, -0.2) is 79.0 Å². The van der Waals surface area contributed by atoms with Crippen molar-refractivity contribution in [3.05, 3.63) is 59.9 Å². The summed E-state index contributed by atoms with van der Waals surface area (Å²) in [6.07, 6.45) is 0.705. The molecule has 5 rings (SSSR count). The van der Waals surface area contributed by atoms with Gasteiger partial charge in [-0.15, -0.1) is 5.10 Å². The van der Waals surface area contributed by atoms with Crippen LogP contribution in [0, 0.1) is 0 Å². The van der Waals surface area contributed by atoms with E-state index in [1.807, 2.05) is 34.1 Å². The highest BCUT2D eigenvalue weighted by molar-refractivity contribution is 5.79. The third-order valence-electron chi connectivity index (χ3n) is 5.69. The van der Waals surface area contributed by atoms with Crippen molar-refractivity contribution in [3.63, 3.8) is 0 Å². The monoisotopic (exact) mass is 436 g/mol. The first-order valence-electron chi connectivity index (χ1n) is 10.3. The van der Waals surface area contributed by atoms with Gasteiger partial charge in [0, 0.05) is 32.7 Å². The normalized spacial score (nSPS) is 15.8. The topological polar surface area (TPSA) is 106 Å². The molecule has 0 radical (unpaired) electrons. The van der Waals surface area contributed by atoms with Gasteiger partial charge in [0.2, 0.25) is 5.91 Å². The minimum absolute atomic E-state index is 0.0700. The Morgan fingerprint density at radius 2 is 1.81 bits per heavy atom. The van der Waals surface area contributed by atoms with Crippen LogP contribution in [0.25, 0.3) is 16.7 Å². The van der Waals surface area contributed by atoms with Crippen molar-refractivity contribution in [1.29, 1.82) is 0 Å². The van der Waals surface area contributed by atoms with E-state index in [1.165, 1.54) is 6.33 Å². The van der Waals surface area contributed by atoms with Crippen LogP contribution in [0.4, 0.5) is 4.39 Å². The molecule has 1 saturated heterocycles. The van der Waals surface area contributed by atoms with E-state index in [2.05, 4.69) is 30.5 Å². The summed E-state index contributed by atoms with van der Waals surface area (Å²) in [4.78, 5) is 16.6. The van der Waals surface area contributed by atoms with Crippen LogP contribution in [0.2, 0.25) is 0 Å². The molecule has 0 spiro atoms. The van der Waals surface area contributed by atoms with Gasteiger partial charge in [0.1, 0.15) is 23.5 Å². The SMILES string of the molecule is O=C(Cc1ccc(-n2cnnn2)cc1)N1CCN(CC(F)c2ccc3nonc3c2)CC1. The third kappa shape index (κ3) is 4.33. The summed E-state index contributed by atoms with van der Waals surface area (Å²) >= 11 is 0. The molecule has 164 valence electrons. The number of alkyl halides is 1. The Balaban J connectivity index is 1.12. The number of amides is 1. The predicted octanol–water partition coefficient (Wildman–Crippen LogP) is 1.60. The third-order valence-corrected chi connectivity index (χ3v) is 5.69. The van der Waals surface area contributed by atoms with Crippen LogP contribution >= 0.6 is 0 Å². The zero-order valence-corrected chi connectivity index (χ0v) is 17.2.